The lowest BCUT2D eigenvalue weighted by atomic mass is 10.0. The minimum Gasteiger partial charge on any atom is -0.282 e. The summed E-state index contributed by atoms with van der Waals surface area (Å²) < 4.78 is 31.4. The van der Waals surface area contributed by atoms with E-state index in [1.165, 1.54) is 12.1 Å². The van der Waals surface area contributed by atoms with Gasteiger partial charge in [-0.1, -0.05) is 35.3 Å². The standard InChI is InChI=1S/C13H10Cl2O3S/c1-8-2-4-10(19(16,17)18)7-12(8)11-5-3-9(14)6-13(11)15/h2-7H,1H3,(H,16,17,18). The average molecular weight is 317 g/mol. The van der Waals surface area contributed by atoms with Crippen molar-refractivity contribution in [3.05, 3.63) is 52.0 Å². The fourth-order valence-electron chi connectivity index (χ4n) is 1.76. The fraction of sp³-hybridized carbons (Fsp3) is 0.0769. The number of rotatable bonds is 2. The molecule has 0 unspecified atom stereocenters. The van der Waals surface area contributed by atoms with Crippen molar-refractivity contribution >= 4 is 33.3 Å². The molecular formula is C13H10Cl2O3S. The van der Waals surface area contributed by atoms with E-state index in [-0.39, 0.29) is 4.90 Å². The molecule has 1 N–H and O–H groups in total. The molecule has 0 heterocycles. The Morgan fingerprint density at radius 2 is 1.68 bits per heavy atom. The van der Waals surface area contributed by atoms with Crippen molar-refractivity contribution in [3.8, 4) is 11.1 Å². The predicted octanol–water partition coefficient (Wildman–Crippen LogP) is 4.22. The van der Waals surface area contributed by atoms with Gasteiger partial charge >= 0.3 is 0 Å². The first-order valence-corrected chi connectivity index (χ1v) is 7.52. The van der Waals surface area contributed by atoms with E-state index >= 15 is 0 Å². The van der Waals surface area contributed by atoms with Gasteiger partial charge in [0.05, 0.1) is 4.90 Å². The van der Waals surface area contributed by atoms with Gasteiger partial charge in [-0.25, -0.2) is 0 Å². The van der Waals surface area contributed by atoms with Gasteiger partial charge in [-0.05, 0) is 42.3 Å². The second-order valence-corrected chi connectivity index (χ2v) is 6.34. The minimum atomic E-state index is -4.24. The molecule has 0 radical (unpaired) electrons. The molecule has 100 valence electrons. The number of halogens is 2. The van der Waals surface area contributed by atoms with Gasteiger partial charge in [-0.15, -0.1) is 0 Å². The maximum Gasteiger partial charge on any atom is 0.294 e. The van der Waals surface area contributed by atoms with Crippen LogP contribution in [0.5, 0.6) is 0 Å². The van der Waals surface area contributed by atoms with Crippen molar-refractivity contribution < 1.29 is 13.0 Å². The molecule has 3 nitrogen and oxygen atoms in total. The molecule has 0 aliphatic heterocycles. The molecule has 2 aromatic rings. The average Bonchev–Trinajstić information content (AvgIpc) is 2.29. The molecule has 0 fully saturated rings. The van der Waals surface area contributed by atoms with E-state index in [1.54, 1.807) is 24.3 Å². The third-order valence-electron chi connectivity index (χ3n) is 2.73. The third-order valence-corrected chi connectivity index (χ3v) is 4.13. The molecule has 0 aliphatic rings. The summed E-state index contributed by atoms with van der Waals surface area (Å²) in [4.78, 5) is -0.167. The van der Waals surface area contributed by atoms with Crippen LogP contribution < -0.4 is 0 Å². The van der Waals surface area contributed by atoms with Crippen LogP contribution in [0.3, 0.4) is 0 Å². The van der Waals surface area contributed by atoms with Crippen molar-refractivity contribution in [1.82, 2.24) is 0 Å². The normalized spacial score (nSPS) is 11.6. The number of hydrogen-bond donors (Lipinski definition) is 1. The van der Waals surface area contributed by atoms with Crippen LogP contribution in [-0.2, 0) is 10.1 Å². The van der Waals surface area contributed by atoms with E-state index in [0.29, 0.717) is 21.2 Å². The zero-order chi connectivity index (χ0) is 14.2. The first-order chi connectivity index (χ1) is 8.79. The summed E-state index contributed by atoms with van der Waals surface area (Å²) >= 11 is 11.9. The highest BCUT2D eigenvalue weighted by molar-refractivity contribution is 7.85. The summed E-state index contributed by atoms with van der Waals surface area (Å²) in [5.41, 5.74) is 2.14. The maximum atomic E-state index is 11.2. The molecule has 0 aliphatic carbocycles. The zero-order valence-electron chi connectivity index (χ0n) is 9.89. The van der Waals surface area contributed by atoms with Crippen molar-refractivity contribution in [2.45, 2.75) is 11.8 Å². The Balaban J connectivity index is 2.68. The van der Waals surface area contributed by atoms with Gasteiger partial charge in [-0.2, -0.15) is 8.42 Å². The summed E-state index contributed by atoms with van der Waals surface area (Å²) in [5.74, 6) is 0. The Morgan fingerprint density at radius 3 is 2.26 bits per heavy atom. The Morgan fingerprint density at radius 1 is 1.00 bits per heavy atom. The molecular weight excluding hydrogens is 307 g/mol. The molecule has 0 atom stereocenters. The quantitative estimate of drug-likeness (QED) is 0.844. The lowest BCUT2D eigenvalue weighted by Gasteiger charge is -2.10. The second-order valence-electron chi connectivity index (χ2n) is 4.08. The predicted molar refractivity (Wildman–Crippen MR) is 76.4 cm³/mol. The maximum absolute atomic E-state index is 11.2. The van der Waals surface area contributed by atoms with Crippen LogP contribution in [0.4, 0.5) is 0 Å². The van der Waals surface area contributed by atoms with Crippen LogP contribution in [0, 0.1) is 6.92 Å². The van der Waals surface area contributed by atoms with Gasteiger partial charge in [0.15, 0.2) is 0 Å². The van der Waals surface area contributed by atoms with Crippen molar-refractivity contribution in [3.63, 3.8) is 0 Å². The van der Waals surface area contributed by atoms with Crippen molar-refractivity contribution in [1.29, 1.82) is 0 Å². The van der Waals surface area contributed by atoms with Crippen molar-refractivity contribution in [2.75, 3.05) is 0 Å². The lowest BCUT2D eigenvalue weighted by Crippen LogP contribution is -1.99. The van der Waals surface area contributed by atoms with Crippen molar-refractivity contribution in [2.24, 2.45) is 0 Å². The van der Waals surface area contributed by atoms with Gasteiger partial charge in [0, 0.05) is 15.6 Å². The van der Waals surface area contributed by atoms with Crippen LogP contribution in [0.2, 0.25) is 10.0 Å². The topological polar surface area (TPSA) is 54.4 Å². The zero-order valence-corrected chi connectivity index (χ0v) is 12.2. The summed E-state index contributed by atoms with van der Waals surface area (Å²) in [6.07, 6.45) is 0. The highest BCUT2D eigenvalue weighted by atomic mass is 35.5. The summed E-state index contributed by atoms with van der Waals surface area (Å²) in [6.45, 7) is 1.83. The van der Waals surface area contributed by atoms with Crippen LogP contribution in [0.15, 0.2) is 41.3 Å². The molecule has 0 aromatic heterocycles. The van der Waals surface area contributed by atoms with E-state index in [0.717, 1.165) is 5.56 Å². The van der Waals surface area contributed by atoms with Crippen LogP contribution in [0.25, 0.3) is 11.1 Å². The number of aryl methyl sites for hydroxylation is 1. The summed E-state index contributed by atoms with van der Waals surface area (Å²) in [7, 11) is -4.24. The summed E-state index contributed by atoms with van der Waals surface area (Å²) in [6, 6.07) is 9.31. The Kier molecular flexibility index (Phi) is 3.87. The van der Waals surface area contributed by atoms with Crippen LogP contribution in [-0.4, -0.2) is 13.0 Å². The van der Waals surface area contributed by atoms with E-state index < -0.39 is 10.1 Å². The molecule has 2 aromatic carbocycles. The van der Waals surface area contributed by atoms with Gasteiger partial charge in [0.2, 0.25) is 0 Å². The Bertz CT molecular complexity index is 740. The van der Waals surface area contributed by atoms with Gasteiger partial charge in [-0.3, -0.25) is 4.55 Å². The summed E-state index contributed by atoms with van der Waals surface area (Å²) in [5, 5.41) is 0.917. The first kappa shape index (κ1) is 14.3. The van der Waals surface area contributed by atoms with Crippen LogP contribution >= 0.6 is 23.2 Å². The first-order valence-electron chi connectivity index (χ1n) is 5.32. The largest absolute Gasteiger partial charge is 0.294 e. The number of benzene rings is 2. The smallest absolute Gasteiger partial charge is 0.282 e. The molecule has 0 bridgehead atoms. The molecule has 6 heteroatoms. The van der Waals surface area contributed by atoms with E-state index in [2.05, 4.69) is 0 Å². The monoisotopic (exact) mass is 316 g/mol. The van der Waals surface area contributed by atoms with Gasteiger partial charge < -0.3 is 0 Å². The molecule has 0 spiro atoms. The van der Waals surface area contributed by atoms with E-state index in [9.17, 15) is 8.42 Å². The Hall–Kier alpha value is -1.07. The van der Waals surface area contributed by atoms with E-state index in [1.807, 2.05) is 6.92 Å². The van der Waals surface area contributed by atoms with Gasteiger partial charge in [0.25, 0.3) is 10.1 Å². The molecule has 19 heavy (non-hydrogen) atoms. The number of hydrogen-bond acceptors (Lipinski definition) is 2. The molecule has 0 saturated heterocycles. The molecule has 0 saturated carbocycles. The van der Waals surface area contributed by atoms with Crippen LogP contribution in [0.1, 0.15) is 5.56 Å². The third kappa shape index (κ3) is 3.09. The Labute approximate surface area is 121 Å². The lowest BCUT2D eigenvalue weighted by molar-refractivity contribution is 0.483. The minimum absolute atomic E-state index is 0.167. The SMILES string of the molecule is Cc1ccc(S(=O)(=O)O)cc1-c1ccc(Cl)cc1Cl. The second kappa shape index (κ2) is 5.13. The highest BCUT2D eigenvalue weighted by Gasteiger charge is 2.14. The van der Waals surface area contributed by atoms with E-state index in [4.69, 9.17) is 27.8 Å². The molecule has 2 rings (SSSR count). The van der Waals surface area contributed by atoms with Gasteiger partial charge in [0.1, 0.15) is 0 Å². The molecule has 0 amide bonds. The highest BCUT2D eigenvalue weighted by Crippen LogP contribution is 2.33. The fourth-order valence-corrected chi connectivity index (χ4v) is 2.78.